The molecule has 1 unspecified atom stereocenters. The second-order valence-electron chi connectivity index (χ2n) is 8.32. The Bertz CT molecular complexity index is 580. The topological polar surface area (TPSA) is 42.9 Å². The lowest BCUT2D eigenvalue weighted by Crippen LogP contribution is -2.52. The molecular formula is C23H39N5. The maximum atomic E-state index is 4.49. The van der Waals surface area contributed by atoms with Crippen LogP contribution >= 0.6 is 0 Å². The summed E-state index contributed by atoms with van der Waals surface area (Å²) in [6.07, 6.45) is 7.59. The molecule has 3 rings (SSSR count). The van der Waals surface area contributed by atoms with Crippen LogP contribution in [-0.4, -0.2) is 67.6 Å². The summed E-state index contributed by atoms with van der Waals surface area (Å²) in [4.78, 5) is 9.72. The van der Waals surface area contributed by atoms with E-state index in [-0.39, 0.29) is 0 Å². The van der Waals surface area contributed by atoms with Gasteiger partial charge in [0, 0.05) is 45.3 Å². The second kappa shape index (κ2) is 11.4. The van der Waals surface area contributed by atoms with Gasteiger partial charge in [0.25, 0.3) is 0 Å². The van der Waals surface area contributed by atoms with E-state index in [2.05, 4.69) is 62.7 Å². The van der Waals surface area contributed by atoms with Crippen LogP contribution in [0.2, 0.25) is 0 Å². The quantitative estimate of drug-likeness (QED) is 0.559. The summed E-state index contributed by atoms with van der Waals surface area (Å²) in [6.45, 7) is 9.13. The first-order valence-electron chi connectivity index (χ1n) is 11.3. The minimum Gasteiger partial charge on any atom is -0.355 e. The molecule has 0 bridgehead atoms. The van der Waals surface area contributed by atoms with Crippen molar-refractivity contribution in [3.8, 4) is 0 Å². The van der Waals surface area contributed by atoms with Gasteiger partial charge in [-0.15, -0.1) is 0 Å². The molecule has 2 heterocycles. The van der Waals surface area contributed by atoms with Crippen molar-refractivity contribution < 1.29 is 0 Å². The van der Waals surface area contributed by atoms with E-state index in [1.165, 1.54) is 70.3 Å². The summed E-state index contributed by atoms with van der Waals surface area (Å²) in [7, 11) is 1.89. The molecule has 2 aliphatic rings. The molecule has 0 amide bonds. The Morgan fingerprint density at radius 2 is 1.86 bits per heavy atom. The Balaban J connectivity index is 1.45. The third-order valence-electron chi connectivity index (χ3n) is 6.17. The van der Waals surface area contributed by atoms with E-state index >= 15 is 0 Å². The van der Waals surface area contributed by atoms with Crippen molar-refractivity contribution in [2.75, 3.05) is 39.8 Å². The molecule has 1 aromatic carbocycles. The van der Waals surface area contributed by atoms with Gasteiger partial charge in [-0.25, -0.2) is 0 Å². The molecule has 1 atom stereocenters. The zero-order valence-corrected chi connectivity index (χ0v) is 17.9. The van der Waals surface area contributed by atoms with Crippen LogP contribution in [0.1, 0.15) is 51.0 Å². The van der Waals surface area contributed by atoms with Crippen LogP contribution < -0.4 is 10.6 Å². The Morgan fingerprint density at radius 3 is 2.57 bits per heavy atom. The fraction of sp³-hybridized carbons (Fsp3) is 0.696. The van der Waals surface area contributed by atoms with E-state index < -0.39 is 0 Å². The first kappa shape index (κ1) is 21.1. The predicted molar refractivity (Wildman–Crippen MR) is 119 cm³/mol. The van der Waals surface area contributed by atoms with Gasteiger partial charge >= 0.3 is 0 Å². The summed E-state index contributed by atoms with van der Waals surface area (Å²) >= 11 is 0. The fourth-order valence-corrected chi connectivity index (χ4v) is 4.54. The average molecular weight is 386 g/mol. The number of hydrogen-bond acceptors (Lipinski definition) is 3. The number of guanidine groups is 1. The monoisotopic (exact) mass is 385 g/mol. The molecule has 156 valence electrons. The van der Waals surface area contributed by atoms with Crippen LogP contribution in [-0.2, 0) is 6.54 Å². The van der Waals surface area contributed by atoms with Gasteiger partial charge in [-0.3, -0.25) is 9.89 Å². The average Bonchev–Trinajstić information content (AvgIpc) is 2.74. The summed E-state index contributed by atoms with van der Waals surface area (Å²) in [5, 5.41) is 7.29. The first-order chi connectivity index (χ1) is 13.8. The molecule has 2 aliphatic heterocycles. The van der Waals surface area contributed by atoms with Crippen molar-refractivity contribution in [2.45, 2.75) is 64.1 Å². The Labute approximate surface area is 171 Å². The molecule has 0 aromatic heterocycles. The third kappa shape index (κ3) is 6.49. The second-order valence-corrected chi connectivity index (χ2v) is 8.32. The molecule has 0 radical (unpaired) electrons. The van der Waals surface area contributed by atoms with Gasteiger partial charge in [0.1, 0.15) is 0 Å². The molecule has 1 aromatic rings. The number of benzene rings is 1. The van der Waals surface area contributed by atoms with Gasteiger partial charge < -0.3 is 15.5 Å². The Hall–Kier alpha value is -1.59. The summed E-state index contributed by atoms with van der Waals surface area (Å²) in [5.74, 6) is 0.971. The third-order valence-corrected chi connectivity index (χ3v) is 6.17. The Kier molecular flexibility index (Phi) is 8.62. The highest BCUT2D eigenvalue weighted by Crippen LogP contribution is 2.19. The maximum Gasteiger partial charge on any atom is 0.191 e. The van der Waals surface area contributed by atoms with Gasteiger partial charge in [-0.05, 0) is 50.8 Å². The zero-order valence-electron chi connectivity index (χ0n) is 17.9. The van der Waals surface area contributed by atoms with Gasteiger partial charge in [0.2, 0.25) is 0 Å². The van der Waals surface area contributed by atoms with E-state index in [0.29, 0.717) is 12.1 Å². The van der Waals surface area contributed by atoms with Gasteiger partial charge in [0.05, 0.1) is 0 Å². The highest BCUT2D eigenvalue weighted by atomic mass is 15.2. The number of aliphatic imine (C=N–C) groups is 1. The lowest BCUT2D eigenvalue weighted by atomic mass is 10.0. The largest absolute Gasteiger partial charge is 0.355 e. The number of likely N-dealkylation sites (tertiary alicyclic amines) is 2. The maximum absolute atomic E-state index is 4.49. The van der Waals surface area contributed by atoms with Crippen LogP contribution in [0.25, 0.3) is 0 Å². The molecule has 28 heavy (non-hydrogen) atoms. The van der Waals surface area contributed by atoms with Crippen LogP contribution in [0.4, 0.5) is 0 Å². The predicted octanol–water partition coefficient (Wildman–Crippen LogP) is 3.08. The summed E-state index contributed by atoms with van der Waals surface area (Å²) in [6, 6.07) is 12.0. The van der Waals surface area contributed by atoms with E-state index in [1.54, 1.807) is 0 Å². The first-order valence-corrected chi connectivity index (χ1v) is 11.3. The van der Waals surface area contributed by atoms with Crippen molar-refractivity contribution >= 4 is 5.96 Å². The highest BCUT2D eigenvalue weighted by molar-refractivity contribution is 5.80. The molecule has 5 nitrogen and oxygen atoms in total. The van der Waals surface area contributed by atoms with Crippen LogP contribution in [0, 0.1) is 0 Å². The van der Waals surface area contributed by atoms with Crippen molar-refractivity contribution in [2.24, 2.45) is 4.99 Å². The number of hydrogen-bond donors (Lipinski definition) is 2. The summed E-state index contributed by atoms with van der Waals surface area (Å²) in [5.41, 5.74) is 1.41. The molecule has 5 heteroatoms. The van der Waals surface area contributed by atoms with Gasteiger partial charge in [-0.2, -0.15) is 0 Å². The van der Waals surface area contributed by atoms with E-state index in [9.17, 15) is 0 Å². The standard InChI is InChI=1S/C23H39N5/c1-3-14-27-16-12-21(13-17-27)26-23(24-2)25-18-22-11-7-8-15-28(22)19-20-9-5-4-6-10-20/h4-6,9-10,21-22H,3,7-8,11-19H2,1-2H3,(H2,24,25,26). The number of rotatable bonds is 7. The normalized spacial score (nSPS) is 22.9. The lowest BCUT2D eigenvalue weighted by molar-refractivity contribution is 0.141. The minimum absolute atomic E-state index is 0.547. The molecule has 0 saturated carbocycles. The molecule has 2 fully saturated rings. The SMILES string of the molecule is CCCN1CCC(NC(=NC)NCC2CCCCN2Cc2ccccc2)CC1. The van der Waals surface area contributed by atoms with Crippen molar-refractivity contribution in [1.82, 2.24) is 20.4 Å². The number of nitrogens with one attached hydrogen (secondary N) is 2. The highest BCUT2D eigenvalue weighted by Gasteiger charge is 2.23. The smallest absolute Gasteiger partial charge is 0.191 e. The zero-order chi connectivity index (χ0) is 19.6. The van der Waals surface area contributed by atoms with Crippen molar-refractivity contribution in [1.29, 1.82) is 0 Å². The van der Waals surface area contributed by atoms with Gasteiger partial charge in [-0.1, -0.05) is 43.7 Å². The van der Waals surface area contributed by atoms with E-state index in [4.69, 9.17) is 0 Å². The molecule has 0 aliphatic carbocycles. The molecule has 0 spiro atoms. The van der Waals surface area contributed by atoms with E-state index in [1.807, 2.05) is 7.05 Å². The summed E-state index contributed by atoms with van der Waals surface area (Å²) < 4.78 is 0. The van der Waals surface area contributed by atoms with Crippen molar-refractivity contribution in [3.05, 3.63) is 35.9 Å². The van der Waals surface area contributed by atoms with Crippen molar-refractivity contribution in [3.63, 3.8) is 0 Å². The molecular weight excluding hydrogens is 346 g/mol. The minimum atomic E-state index is 0.547. The van der Waals surface area contributed by atoms with E-state index in [0.717, 1.165) is 19.0 Å². The molecule has 2 saturated heterocycles. The van der Waals surface area contributed by atoms with Gasteiger partial charge in [0.15, 0.2) is 5.96 Å². The van der Waals surface area contributed by atoms with Crippen LogP contribution in [0.15, 0.2) is 35.3 Å². The van der Waals surface area contributed by atoms with Crippen LogP contribution in [0.5, 0.6) is 0 Å². The Morgan fingerprint density at radius 1 is 1.07 bits per heavy atom. The van der Waals surface area contributed by atoms with Crippen LogP contribution in [0.3, 0.4) is 0 Å². The number of piperidine rings is 2. The molecule has 2 N–H and O–H groups in total. The number of nitrogens with zero attached hydrogens (tertiary/aromatic N) is 3. The lowest BCUT2D eigenvalue weighted by Gasteiger charge is -2.37. The fourth-order valence-electron chi connectivity index (χ4n) is 4.54.